The lowest BCUT2D eigenvalue weighted by Crippen LogP contribution is -2.47. The summed E-state index contributed by atoms with van der Waals surface area (Å²) < 4.78 is 13.1. The SMILES string of the molecule is CC1CCN(CCC(=O)Nc2cccc(F)c2)C(CN)C1. The number of amides is 1. The van der Waals surface area contributed by atoms with Crippen molar-refractivity contribution in [2.24, 2.45) is 11.7 Å². The summed E-state index contributed by atoms with van der Waals surface area (Å²) in [4.78, 5) is 14.2. The van der Waals surface area contributed by atoms with E-state index in [1.807, 2.05) is 0 Å². The summed E-state index contributed by atoms with van der Waals surface area (Å²) in [5.74, 6) is 0.270. The van der Waals surface area contributed by atoms with Crippen molar-refractivity contribution in [1.82, 2.24) is 4.90 Å². The molecule has 1 heterocycles. The first-order valence-electron chi connectivity index (χ1n) is 7.58. The van der Waals surface area contributed by atoms with Gasteiger partial charge in [-0.15, -0.1) is 0 Å². The number of hydrogen-bond acceptors (Lipinski definition) is 3. The summed E-state index contributed by atoms with van der Waals surface area (Å²) in [6.07, 6.45) is 2.66. The number of benzene rings is 1. The smallest absolute Gasteiger partial charge is 0.225 e. The molecule has 0 saturated carbocycles. The van der Waals surface area contributed by atoms with Gasteiger partial charge in [0.15, 0.2) is 0 Å². The molecular formula is C16H24FN3O. The summed E-state index contributed by atoms with van der Waals surface area (Å²) in [5.41, 5.74) is 6.32. The van der Waals surface area contributed by atoms with E-state index in [1.165, 1.54) is 12.1 Å². The molecule has 0 aliphatic carbocycles. The molecular weight excluding hydrogens is 269 g/mol. The zero-order valence-corrected chi connectivity index (χ0v) is 12.5. The molecule has 5 heteroatoms. The molecule has 0 radical (unpaired) electrons. The van der Waals surface area contributed by atoms with Crippen LogP contribution >= 0.6 is 0 Å². The molecule has 3 N–H and O–H groups in total. The molecule has 1 fully saturated rings. The first-order chi connectivity index (χ1) is 10.1. The lowest BCUT2D eigenvalue weighted by Gasteiger charge is -2.37. The maximum Gasteiger partial charge on any atom is 0.225 e. The van der Waals surface area contributed by atoms with Crippen molar-refractivity contribution in [2.45, 2.75) is 32.2 Å². The number of hydrogen-bond donors (Lipinski definition) is 2. The molecule has 2 unspecified atom stereocenters. The number of halogens is 1. The van der Waals surface area contributed by atoms with Crippen LogP contribution in [-0.4, -0.2) is 36.5 Å². The van der Waals surface area contributed by atoms with Gasteiger partial charge < -0.3 is 11.1 Å². The predicted molar refractivity (Wildman–Crippen MR) is 82.5 cm³/mol. The van der Waals surface area contributed by atoms with Crippen LogP contribution in [0.3, 0.4) is 0 Å². The second kappa shape index (κ2) is 7.52. The van der Waals surface area contributed by atoms with Gasteiger partial charge in [0, 0.05) is 31.2 Å². The van der Waals surface area contributed by atoms with Crippen molar-refractivity contribution in [3.63, 3.8) is 0 Å². The van der Waals surface area contributed by atoms with Crippen molar-refractivity contribution in [1.29, 1.82) is 0 Å². The van der Waals surface area contributed by atoms with Gasteiger partial charge in [0.1, 0.15) is 5.82 Å². The minimum Gasteiger partial charge on any atom is -0.329 e. The molecule has 1 amide bonds. The van der Waals surface area contributed by atoms with Crippen LogP contribution in [0.4, 0.5) is 10.1 Å². The van der Waals surface area contributed by atoms with Crippen molar-refractivity contribution >= 4 is 11.6 Å². The van der Waals surface area contributed by atoms with E-state index in [4.69, 9.17) is 5.73 Å². The van der Waals surface area contributed by atoms with E-state index in [1.54, 1.807) is 12.1 Å². The Kier molecular flexibility index (Phi) is 5.70. The van der Waals surface area contributed by atoms with Gasteiger partial charge >= 0.3 is 0 Å². The Morgan fingerprint density at radius 1 is 1.52 bits per heavy atom. The molecule has 1 aromatic carbocycles. The Bertz CT molecular complexity index is 480. The molecule has 0 bridgehead atoms. The second-order valence-electron chi connectivity index (χ2n) is 5.86. The fourth-order valence-corrected chi connectivity index (χ4v) is 2.87. The van der Waals surface area contributed by atoms with E-state index in [0.29, 0.717) is 37.2 Å². The first kappa shape index (κ1) is 15.9. The van der Waals surface area contributed by atoms with Crippen LogP contribution in [0.25, 0.3) is 0 Å². The van der Waals surface area contributed by atoms with Crippen LogP contribution in [0.2, 0.25) is 0 Å². The van der Waals surface area contributed by atoms with Gasteiger partial charge in [0.25, 0.3) is 0 Å². The van der Waals surface area contributed by atoms with Crippen LogP contribution in [0, 0.1) is 11.7 Å². The van der Waals surface area contributed by atoms with Crippen LogP contribution in [0.5, 0.6) is 0 Å². The third-order valence-electron chi connectivity index (χ3n) is 4.11. The number of nitrogens with two attached hydrogens (primary N) is 1. The molecule has 0 aromatic heterocycles. The average Bonchev–Trinajstić information content (AvgIpc) is 2.45. The van der Waals surface area contributed by atoms with E-state index in [9.17, 15) is 9.18 Å². The van der Waals surface area contributed by atoms with Crippen molar-refractivity contribution in [3.8, 4) is 0 Å². The van der Waals surface area contributed by atoms with Gasteiger partial charge in [-0.3, -0.25) is 9.69 Å². The average molecular weight is 293 g/mol. The number of carbonyl (C=O) groups is 1. The van der Waals surface area contributed by atoms with Crippen LogP contribution in [0.15, 0.2) is 24.3 Å². The summed E-state index contributed by atoms with van der Waals surface area (Å²) in [5, 5.41) is 2.73. The summed E-state index contributed by atoms with van der Waals surface area (Å²) in [7, 11) is 0. The maximum atomic E-state index is 13.1. The largest absolute Gasteiger partial charge is 0.329 e. The van der Waals surface area contributed by atoms with Gasteiger partial charge in [-0.05, 0) is 43.5 Å². The lowest BCUT2D eigenvalue weighted by atomic mass is 9.92. The highest BCUT2D eigenvalue weighted by Crippen LogP contribution is 2.22. The number of anilines is 1. The molecule has 4 nitrogen and oxygen atoms in total. The zero-order valence-electron chi connectivity index (χ0n) is 12.5. The molecule has 0 spiro atoms. The third kappa shape index (κ3) is 4.79. The van der Waals surface area contributed by atoms with Crippen molar-refractivity contribution in [2.75, 3.05) is 25.0 Å². The van der Waals surface area contributed by atoms with Crippen LogP contribution in [0.1, 0.15) is 26.2 Å². The summed E-state index contributed by atoms with van der Waals surface area (Å²) in [6.45, 7) is 4.58. The van der Waals surface area contributed by atoms with E-state index in [-0.39, 0.29) is 11.7 Å². The monoisotopic (exact) mass is 293 g/mol. The maximum absolute atomic E-state index is 13.1. The predicted octanol–water partition coefficient (Wildman–Crippen LogP) is 2.21. The molecule has 21 heavy (non-hydrogen) atoms. The van der Waals surface area contributed by atoms with E-state index >= 15 is 0 Å². The highest BCUT2D eigenvalue weighted by molar-refractivity contribution is 5.90. The molecule has 1 aliphatic heterocycles. The number of likely N-dealkylation sites (tertiary alicyclic amines) is 1. The number of nitrogens with zero attached hydrogens (tertiary/aromatic N) is 1. The normalized spacial score (nSPS) is 23.0. The summed E-state index contributed by atoms with van der Waals surface area (Å²) in [6, 6.07) is 6.32. The van der Waals surface area contributed by atoms with Crippen molar-refractivity contribution < 1.29 is 9.18 Å². The Hall–Kier alpha value is -1.46. The molecule has 1 aliphatic rings. The fraction of sp³-hybridized carbons (Fsp3) is 0.562. The van der Waals surface area contributed by atoms with Gasteiger partial charge in [0.05, 0.1) is 0 Å². The van der Waals surface area contributed by atoms with Gasteiger partial charge in [0.2, 0.25) is 5.91 Å². The Morgan fingerprint density at radius 3 is 3.05 bits per heavy atom. The Morgan fingerprint density at radius 2 is 2.33 bits per heavy atom. The number of nitrogens with one attached hydrogen (secondary N) is 1. The highest BCUT2D eigenvalue weighted by atomic mass is 19.1. The zero-order chi connectivity index (χ0) is 15.2. The Labute approximate surface area is 125 Å². The van der Waals surface area contributed by atoms with Gasteiger partial charge in [-0.1, -0.05) is 13.0 Å². The minimum atomic E-state index is -0.346. The quantitative estimate of drug-likeness (QED) is 0.875. The van der Waals surface area contributed by atoms with Crippen molar-refractivity contribution in [3.05, 3.63) is 30.1 Å². The molecule has 1 saturated heterocycles. The van der Waals surface area contributed by atoms with Gasteiger partial charge in [-0.25, -0.2) is 4.39 Å². The fourth-order valence-electron chi connectivity index (χ4n) is 2.87. The highest BCUT2D eigenvalue weighted by Gasteiger charge is 2.25. The number of rotatable bonds is 5. The molecule has 2 rings (SSSR count). The van der Waals surface area contributed by atoms with Crippen LogP contribution in [-0.2, 0) is 4.79 Å². The molecule has 2 atom stereocenters. The van der Waals surface area contributed by atoms with E-state index < -0.39 is 0 Å². The standard InChI is InChI=1S/C16H24FN3O/c1-12-5-7-20(15(9-12)11-18)8-6-16(21)19-14-4-2-3-13(17)10-14/h2-4,10,12,15H,5-9,11,18H2,1H3,(H,19,21). The number of carbonyl (C=O) groups excluding carboxylic acids is 1. The topological polar surface area (TPSA) is 58.4 Å². The second-order valence-corrected chi connectivity index (χ2v) is 5.86. The molecule has 1 aromatic rings. The Balaban J connectivity index is 1.80. The van der Waals surface area contributed by atoms with E-state index in [2.05, 4.69) is 17.1 Å². The summed E-state index contributed by atoms with van der Waals surface area (Å²) >= 11 is 0. The third-order valence-corrected chi connectivity index (χ3v) is 4.11. The van der Waals surface area contributed by atoms with E-state index in [0.717, 1.165) is 19.4 Å². The molecule has 116 valence electrons. The number of piperidine rings is 1. The first-order valence-corrected chi connectivity index (χ1v) is 7.58. The lowest BCUT2D eigenvalue weighted by molar-refractivity contribution is -0.116. The van der Waals surface area contributed by atoms with Gasteiger partial charge in [-0.2, -0.15) is 0 Å². The minimum absolute atomic E-state index is 0.0880. The van der Waals surface area contributed by atoms with Crippen LogP contribution < -0.4 is 11.1 Å².